The molecule has 0 aliphatic carbocycles. The summed E-state index contributed by atoms with van der Waals surface area (Å²) in [6.45, 7) is 3.41. The molecule has 0 amide bonds. The predicted octanol–water partition coefficient (Wildman–Crippen LogP) is 1.66. The molecule has 0 aromatic carbocycles. The van der Waals surface area contributed by atoms with Gasteiger partial charge in [-0.05, 0) is 31.4 Å². The predicted molar refractivity (Wildman–Crippen MR) is 61.3 cm³/mol. The van der Waals surface area contributed by atoms with Crippen LogP contribution in [0.3, 0.4) is 0 Å². The molecule has 1 fully saturated rings. The largest absolute Gasteiger partial charge is 0.492 e. The second kappa shape index (κ2) is 5.27. The van der Waals surface area contributed by atoms with Gasteiger partial charge in [0.05, 0.1) is 24.9 Å². The summed E-state index contributed by atoms with van der Waals surface area (Å²) in [5.41, 5.74) is 7.13. The Balaban J connectivity index is 2.09. The molecule has 2 unspecified atom stereocenters. The van der Waals surface area contributed by atoms with Crippen molar-refractivity contribution in [1.29, 1.82) is 0 Å². The van der Waals surface area contributed by atoms with Crippen LogP contribution in [-0.4, -0.2) is 24.3 Å². The summed E-state index contributed by atoms with van der Waals surface area (Å²) in [7, 11) is 0. The van der Waals surface area contributed by atoms with Crippen molar-refractivity contribution in [2.75, 3.05) is 13.2 Å². The average molecular weight is 222 g/mol. The summed E-state index contributed by atoms with van der Waals surface area (Å²) in [6.07, 6.45) is 5.74. The van der Waals surface area contributed by atoms with E-state index in [4.69, 9.17) is 15.2 Å². The topological polar surface area (TPSA) is 57.4 Å². The van der Waals surface area contributed by atoms with Crippen molar-refractivity contribution < 1.29 is 9.47 Å². The second-order valence-electron chi connectivity index (χ2n) is 3.96. The van der Waals surface area contributed by atoms with E-state index in [0.29, 0.717) is 6.61 Å². The Labute approximate surface area is 95.8 Å². The van der Waals surface area contributed by atoms with Crippen LogP contribution in [0.5, 0.6) is 5.75 Å². The van der Waals surface area contributed by atoms with Crippen molar-refractivity contribution in [2.45, 2.75) is 31.9 Å². The minimum Gasteiger partial charge on any atom is -0.492 e. The minimum atomic E-state index is -0.101. The van der Waals surface area contributed by atoms with Crippen LogP contribution in [0.15, 0.2) is 18.5 Å². The van der Waals surface area contributed by atoms with Gasteiger partial charge >= 0.3 is 0 Å². The van der Waals surface area contributed by atoms with Crippen LogP contribution < -0.4 is 10.5 Å². The number of hydrogen-bond donors (Lipinski definition) is 1. The van der Waals surface area contributed by atoms with Gasteiger partial charge in [-0.15, -0.1) is 0 Å². The van der Waals surface area contributed by atoms with E-state index in [1.54, 1.807) is 12.4 Å². The maximum Gasteiger partial charge on any atom is 0.137 e. The molecule has 0 saturated carbocycles. The smallest absolute Gasteiger partial charge is 0.137 e. The maximum atomic E-state index is 6.14. The molecule has 16 heavy (non-hydrogen) atoms. The fraction of sp³-hybridized carbons (Fsp3) is 0.583. The van der Waals surface area contributed by atoms with Gasteiger partial charge in [0.2, 0.25) is 0 Å². The molecule has 4 nitrogen and oxygen atoms in total. The van der Waals surface area contributed by atoms with Crippen LogP contribution in [0.2, 0.25) is 0 Å². The molecule has 2 heterocycles. The van der Waals surface area contributed by atoms with E-state index in [-0.39, 0.29) is 12.1 Å². The van der Waals surface area contributed by atoms with E-state index >= 15 is 0 Å². The summed E-state index contributed by atoms with van der Waals surface area (Å²) in [6, 6.07) is 1.85. The zero-order valence-corrected chi connectivity index (χ0v) is 9.56. The van der Waals surface area contributed by atoms with Gasteiger partial charge in [0.1, 0.15) is 5.75 Å². The van der Waals surface area contributed by atoms with Gasteiger partial charge in [0.15, 0.2) is 0 Å². The molecular weight excluding hydrogens is 204 g/mol. The lowest BCUT2D eigenvalue weighted by atomic mass is 10.0. The molecule has 1 saturated heterocycles. The molecule has 2 atom stereocenters. The number of ether oxygens (including phenoxy) is 2. The highest BCUT2D eigenvalue weighted by Gasteiger charge is 2.24. The Bertz CT molecular complexity index is 338. The van der Waals surface area contributed by atoms with Gasteiger partial charge < -0.3 is 15.2 Å². The lowest BCUT2D eigenvalue weighted by Gasteiger charge is -2.18. The zero-order chi connectivity index (χ0) is 11.4. The molecule has 0 radical (unpaired) electrons. The highest BCUT2D eigenvalue weighted by molar-refractivity contribution is 5.26. The monoisotopic (exact) mass is 222 g/mol. The molecule has 0 bridgehead atoms. The van der Waals surface area contributed by atoms with Crippen LogP contribution in [0, 0.1) is 0 Å². The molecule has 2 N–H and O–H groups in total. The number of nitrogens with two attached hydrogens (primary N) is 1. The highest BCUT2D eigenvalue weighted by atomic mass is 16.5. The third-order valence-corrected chi connectivity index (χ3v) is 2.80. The lowest BCUT2D eigenvalue weighted by molar-refractivity contribution is 0.0899. The van der Waals surface area contributed by atoms with E-state index in [1.165, 1.54) is 0 Å². The van der Waals surface area contributed by atoms with Gasteiger partial charge in [-0.3, -0.25) is 4.98 Å². The first kappa shape index (κ1) is 11.4. The maximum absolute atomic E-state index is 6.14. The van der Waals surface area contributed by atoms with Crippen molar-refractivity contribution >= 4 is 0 Å². The Morgan fingerprint density at radius 1 is 1.62 bits per heavy atom. The Morgan fingerprint density at radius 2 is 2.50 bits per heavy atom. The normalized spacial score (nSPS) is 22.0. The number of rotatable bonds is 4. The molecule has 1 aromatic heterocycles. The lowest BCUT2D eigenvalue weighted by Crippen LogP contribution is -2.25. The number of aromatic nitrogens is 1. The number of hydrogen-bond acceptors (Lipinski definition) is 4. The Kier molecular flexibility index (Phi) is 3.74. The minimum absolute atomic E-state index is 0.101. The van der Waals surface area contributed by atoms with Gasteiger partial charge in [-0.2, -0.15) is 0 Å². The van der Waals surface area contributed by atoms with E-state index in [1.807, 2.05) is 13.0 Å². The van der Waals surface area contributed by atoms with Crippen LogP contribution in [0.1, 0.15) is 31.4 Å². The van der Waals surface area contributed by atoms with Crippen molar-refractivity contribution in [3.63, 3.8) is 0 Å². The molecule has 0 spiro atoms. The zero-order valence-electron chi connectivity index (χ0n) is 9.56. The third kappa shape index (κ3) is 2.51. The van der Waals surface area contributed by atoms with Crippen LogP contribution in [-0.2, 0) is 4.74 Å². The SMILES string of the molecule is CCOc1cncc(C(N)C2CCCO2)c1. The molecule has 1 aliphatic rings. The van der Waals surface area contributed by atoms with Crippen molar-refractivity contribution in [1.82, 2.24) is 4.98 Å². The molecule has 4 heteroatoms. The summed E-state index contributed by atoms with van der Waals surface area (Å²) in [5.74, 6) is 0.772. The highest BCUT2D eigenvalue weighted by Crippen LogP contribution is 2.26. The first-order valence-corrected chi connectivity index (χ1v) is 5.76. The van der Waals surface area contributed by atoms with Crippen molar-refractivity contribution in [2.24, 2.45) is 5.73 Å². The first-order valence-electron chi connectivity index (χ1n) is 5.76. The van der Waals surface area contributed by atoms with Crippen LogP contribution in [0.25, 0.3) is 0 Å². The van der Waals surface area contributed by atoms with E-state index in [2.05, 4.69) is 4.98 Å². The van der Waals surface area contributed by atoms with Crippen molar-refractivity contribution in [3.8, 4) is 5.75 Å². The number of nitrogens with zero attached hydrogens (tertiary/aromatic N) is 1. The van der Waals surface area contributed by atoms with E-state index in [0.717, 1.165) is 30.8 Å². The van der Waals surface area contributed by atoms with Crippen LogP contribution in [0.4, 0.5) is 0 Å². The first-order chi connectivity index (χ1) is 7.81. The molecule has 1 aliphatic heterocycles. The molecule has 2 rings (SSSR count). The van der Waals surface area contributed by atoms with E-state index in [9.17, 15) is 0 Å². The summed E-state index contributed by atoms with van der Waals surface area (Å²) in [5, 5.41) is 0. The van der Waals surface area contributed by atoms with Gasteiger partial charge in [0.25, 0.3) is 0 Å². The quantitative estimate of drug-likeness (QED) is 0.841. The summed E-state index contributed by atoms with van der Waals surface area (Å²) >= 11 is 0. The fourth-order valence-electron chi connectivity index (χ4n) is 1.96. The standard InChI is InChI=1S/C12H18N2O2/c1-2-15-10-6-9(7-14-8-10)12(13)11-4-3-5-16-11/h6-8,11-12H,2-5,13H2,1H3. The van der Waals surface area contributed by atoms with Gasteiger partial charge in [-0.1, -0.05) is 0 Å². The number of pyridine rings is 1. The van der Waals surface area contributed by atoms with Gasteiger partial charge in [-0.25, -0.2) is 0 Å². The van der Waals surface area contributed by atoms with Crippen molar-refractivity contribution in [3.05, 3.63) is 24.0 Å². The Morgan fingerprint density at radius 3 is 3.19 bits per heavy atom. The Hall–Kier alpha value is -1.13. The summed E-state index contributed by atoms with van der Waals surface area (Å²) in [4.78, 5) is 4.14. The van der Waals surface area contributed by atoms with E-state index < -0.39 is 0 Å². The molecule has 88 valence electrons. The van der Waals surface area contributed by atoms with Crippen LogP contribution >= 0.6 is 0 Å². The summed E-state index contributed by atoms with van der Waals surface area (Å²) < 4.78 is 11.0. The molecular formula is C12H18N2O2. The third-order valence-electron chi connectivity index (χ3n) is 2.80. The fourth-order valence-corrected chi connectivity index (χ4v) is 1.96. The average Bonchev–Trinajstić information content (AvgIpc) is 2.82. The molecule has 1 aromatic rings. The second-order valence-corrected chi connectivity index (χ2v) is 3.96. The van der Waals surface area contributed by atoms with Gasteiger partial charge in [0, 0.05) is 12.8 Å².